The molecule has 1 N–H and O–H groups in total. The van der Waals surface area contributed by atoms with Gasteiger partial charge in [-0.1, -0.05) is 36.2 Å². The van der Waals surface area contributed by atoms with E-state index >= 15 is 0 Å². The van der Waals surface area contributed by atoms with Crippen LogP contribution < -0.4 is 19.1 Å². The Morgan fingerprint density at radius 2 is 1.77 bits per heavy atom. The highest BCUT2D eigenvalue weighted by Gasteiger charge is 2.32. The van der Waals surface area contributed by atoms with E-state index in [1.54, 1.807) is 25.1 Å². The van der Waals surface area contributed by atoms with Crippen molar-refractivity contribution >= 4 is 50.7 Å². The predicted octanol–water partition coefficient (Wildman–Crippen LogP) is 3.33. The molecule has 0 spiro atoms. The zero-order valence-electron chi connectivity index (χ0n) is 20.2. The normalized spacial score (nSPS) is 12.0. The van der Waals surface area contributed by atoms with Gasteiger partial charge in [0.1, 0.15) is 24.1 Å². The highest BCUT2D eigenvalue weighted by atomic mass is 35.5. The van der Waals surface area contributed by atoms with E-state index in [0.29, 0.717) is 27.8 Å². The van der Waals surface area contributed by atoms with Gasteiger partial charge in [0.05, 0.1) is 26.2 Å². The van der Waals surface area contributed by atoms with Crippen LogP contribution in [0.25, 0.3) is 0 Å². The average Bonchev–Trinajstić information content (AvgIpc) is 2.82. The second-order valence-electron chi connectivity index (χ2n) is 7.60. The molecule has 0 radical (unpaired) electrons. The smallest absolute Gasteiger partial charge is 0.244 e. The van der Waals surface area contributed by atoms with Gasteiger partial charge in [-0.2, -0.15) is 0 Å². The van der Waals surface area contributed by atoms with Crippen LogP contribution in [-0.2, 0) is 26.2 Å². The second kappa shape index (κ2) is 12.3. The molecule has 0 saturated heterocycles. The number of hydrogen-bond acceptors (Lipinski definition) is 6. The van der Waals surface area contributed by atoms with Crippen LogP contribution in [0.15, 0.2) is 36.4 Å². The van der Waals surface area contributed by atoms with Crippen LogP contribution in [0.5, 0.6) is 11.5 Å². The first kappa shape index (κ1) is 28.5. The van der Waals surface area contributed by atoms with Crippen LogP contribution in [0.3, 0.4) is 0 Å². The Morgan fingerprint density at radius 3 is 2.29 bits per heavy atom. The number of halogens is 2. The molecule has 0 heterocycles. The summed E-state index contributed by atoms with van der Waals surface area (Å²) < 4.78 is 36.9. The molecule has 192 valence electrons. The standard InChI is InChI=1S/C23H29Cl2N3O6S/c1-6-19(23(30)26-2)27(13-15-7-8-16(24)11-18(15)25)22(29)14-28(35(5,31)32)20-10-9-17(33-3)12-21(20)34-4/h7-12,19H,6,13-14H2,1-5H3,(H,26,30). The fourth-order valence-corrected chi connectivity index (χ4v) is 4.83. The first-order valence-corrected chi connectivity index (χ1v) is 13.2. The molecule has 9 nitrogen and oxygen atoms in total. The molecule has 0 fully saturated rings. The summed E-state index contributed by atoms with van der Waals surface area (Å²) in [6.07, 6.45) is 1.28. The van der Waals surface area contributed by atoms with Gasteiger partial charge in [-0.3, -0.25) is 13.9 Å². The lowest BCUT2D eigenvalue weighted by molar-refractivity contribution is -0.140. The summed E-state index contributed by atoms with van der Waals surface area (Å²) in [4.78, 5) is 27.5. The molecule has 1 atom stereocenters. The number of methoxy groups -OCH3 is 2. The van der Waals surface area contributed by atoms with Crippen molar-refractivity contribution in [1.29, 1.82) is 0 Å². The van der Waals surface area contributed by atoms with E-state index in [-0.39, 0.29) is 23.9 Å². The molecule has 0 aliphatic heterocycles. The Morgan fingerprint density at radius 1 is 1.09 bits per heavy atom. The van der Waals surface area contributed by atoms with E-state index in [1.807, 2.05) is 0 Å². The monoisotopic (exact) mass is 545 g/mol. The van der Waals surface area contributed by atoms with E-state index < -0.39 is 28.5 Å². The minimum atomic E-state index is -3.92. The number of hydrogen-bond donors (Lipinski definition) is 1. The van der Waals surface area contributed by atoms with Gasteiger partial charge in [-0.15, -0.1) is 0 Å². The molecule has 0 bridgehead atoms. The van der Waals surface area contributed by atoms with Crippen molar-refractivity contribution in [2.45, 2.75) is 25.9 Å². The number of sulfonamides is 1. The topological polar surface area (TPSA) is 105 Å². The van der Waals surface area contributed by atoms with Crippen LogP contribution >= 0.6 is 23.2 Å². The van der Waals surface area contributed by atoms with Crippen LogP contribution in [0.4, 0.5) is 5.69 Å². The Hall–Kier alpha value is -2.69. The van der Waals surface area contributed by atoms with Crippen LogP contribution in [0.1, 0.15) is 18.9 Å². The summed E-state index contributed by atoms with van der Waals surface area (Å²) in [5.41, 5.74) is 0.710. The van der Waals surface area contributed by atoms with Crippen LogP contribution in [0, 0.1) is 0 Å². The zero-order valence-corrected chi connectivity index (χ0v) is 22.5. The molecule has 2 aromatic carbocycles. The van der Waals surface area contributed by atoms with Crippen molar-refractivity contribution in [2.24, 2.45) is 0 Å². The molecular formula is C23H29Cl2N3O6S. The molecule has 1 unspecified atom stereocenters. The molecular weight excluding hydrogens is 517 g/mol. The maximum Gasteiger partial charge on any atom is 0.244 e. The van der Waals surface area contributed by atoms with Crippen molar-refractivity contribution in [2.75, 3.05) is 38.4 Å². The molecule has 2 aromatic rings. The Balaban J connectivity index is 2.53. The number of anilines is 1. The van der Waals surface area contributed by atoms with E-state index in [9.17, 15) is 18.0 Å². The number of nitrogens with one attached hydrogen (secondary N) is 1. The number of rotatable bonds is 11. The maximum absolute atomic E-state index is 13.6. The number of benzene rings is 2. The van der Waals surface area contributed by atoms with E-state index in [2.05, 4.69) is 5.32 Å². The summed E-state index contributed by atoms with van der Waals surface area (Å²) >= 11 is 12.3. The van der Waals surface area contributed by atoms with Crippen LogP contribution in [-0.4, -0.2) is 65.2 Å². The van der Waals surface area contributed by atoms with Gasteiger partial charge in [-0.05, 0) is 36.2 Å². The first-order chi connectivity index (χ1) is 16.5. The summed E-state index contributed by atoms with van der Waals surface area (Å²) in [7, 11) is 0.395. The van der Waals surface area contributed by atoms with Crippen molar-refractivity contribution < 1.29 is 27.5 Å². The number of carbonyl (C=O) groups is 2. The van der Waals surface area contributed by atoms with E-state index in [4.69, 9.17) is 32.7 Å². The fourth-order valence-electron chi connectivity index (χ4n) is 3.51. The second-order valence-corrected chi connectivity index (χ2v) is 10.4. The van der Waals surface area contributed by atoms with Crippen molar-refractivity contribution in [1.82, 2.24) is 10.2 Å². The summed E-state index contributed by atoms with van der Waals surface area (Å²) in [5, 5.41) is 3.29. The van der Waals surface area contributed by atoms with Gasteiger partial charge in [-0.25, -0.2) is 8.42 Å². The maximum atomic E-state index is 13.6. The predicted molar refractivity (Wildman–Crippen MR) is 137 cm³/mol. The van der Waals surface area contributed by atoms with E-state index in [0.717, 1.165) is 10.6 Å². The van der Waals surface area contributed by atoms with Gasteiger partial charge >= 0.3 is 0 Å². The van der Waals surface area contributed by atoms with Crippen molar-refractivity contribution in [3.05, 3.63) is 52.0 Å². The lowest BCUT2D eigenvalue weighted by Crippen LogP contribution is -2.51. The van der Waals surface area contributed by atoms with Crippen LogP contribution in [0.2, 0.25) is 10.0 Å². The fraction of sp³-hybridized carbons (Fsp3) is 0.391. The molecule has 0 saturated carbocycles. The third kappa shape index (κ3) is 7.16. The molecule has 35 heavy (non-hydrogen) atoms. The number of nitrogens with zero attached hydrogens (tertiary/aromatic N) is 2. The Kier molecular flexibility index (Phi) is 10.1. The highest BCUT2D eigenvalue weighted by molar-refractivity contribution is 7.92. The molecule has 2 amide bonds. The molecule has 0 aliphatic carbocycles. The Bertz CT molecular complexity index is 1180. The minimum absolute atomic E-state index is 0.0297. The number of likely N-dealkylation sites (N-methyl/N-ethyl adjacent to an activating group) is 1. The van der Waals surface area contributed by atoms with E-state index in [1.165, 1.54) is 44.4 Å². The summed E-state index contributed by atoms with van der Waals surface area (Å²) in [5.74, 6) is -0.336. The quantitative estimate of drug-likeness (QED) is 0.464. The molecule has 2 rings (SSSR count). The lowest BCUT2D eigenvalue weighted by atomic mass is 10.1. The average molecular weight is 546 g/mol. The minimum Gasteiger partial charge on any atom is -0.497 e. The SMILES string of the molecule is CCC(C(=O)NC)N(Cc1ccc(Cl)cc1Cl)C(=O)CN(c1ccc(OC)cc1OC)S(C)(=O)=O. The lowest BCUT2D eigenvalue weighted by Gasteiger charge is -2.33. The number of carbonyl (C=O) groups excluding carboxylic acids is 2. The van der Waals surface area contributed by atoms with Crippen molar-refractivity contribution in [3.63, 3.8) is 0 Å². The third-order valence-electron chi connectivity index (χ3n) is 5.32. The van der Waals surface area contributed by atoms with Gasteiger partial charge in [0.25, 0.3) is 0 Å². The first-order valence-electron chi connectivity index (χ1n) is 10.6. The van der Waals surface area contributed by atoms with Gasteiger partial charge in [0.2, 0.25) is 21.8 Å². The number of ether oxygens (including phenoxy) is 2. The van der Waals surface area contributed by atoms with Gasteiger partial charge in [0.15, 0.2) is 0 Å². The summed E-state index contributed by atoms with van der Waals surface area (Å²) in [6, 6.07) is 8.52. The molecule has 12 heteroatoms. The largest absolute Gasteiger partial charge is 0.497 e. The zero-order chi connectivity index (χ0) is 26.3. The number of amides is 2. The molecule has 0 aliphatic rings. The van der Waals surface area contributed by atoms with Crippen molar-refractivity contribution in [3.8, 4) is 11.5 Å². The summed E-state index contributed by atoms with van der Waals surface area (Å²) in [6.45, 7) is 1.16. The highest BCUT2D eigenvalue weighted by Crippen LogP contribution is 2.34. The van der Waals surface area contributed by atoms with Gasteiger partial charge in [0, 0.05) is 29.7 Å². The third-order valence-corrected chi connectivity index (χ3v) is 7.04. The van der Waals surface area contributed by atoms with Gasteiger partial charge < -0.3 is 19.7 Å². The molecule has 0 aromatic heterocycles. The Labute approximate surface area is 215 Å².